The molecule has 2 heteroatoms. The maximum atomic E-state index is 5.78. The summed E-state index contributed by atoms with van der Waals surface area (Å²) in [6.45, 7) is 5.78. The van der Waals surface area contributed by atoms with Gasteiger partial charge in [-0.15, -0.1) is 0 Å². The van der Waals surface area contributed by atoms with Crippen molar-refractivity contribution >= 4 is 0 Å². The molecule has 82 valence electrons. The van der Waals surface area contributed by atoms with Crippen LogP contribution in [-0.4, -0.2) is 19.3 Å². The van der Waals surface area contributed by atoms with E-state index in [0.29, 0.717) is 12.7 Å². The van der Waals surface area contributed by atoms with Crippen molar-refractivity contribution in [3.05, 3.63) is 29.3 Å². The van der Waals surface area contributed by atoms with E-state index in [2.05, 4.69) is 19.9 Å². The second-order valence-electron chi connectivity index (χ2n) is 4.14. The average molecular weight is 206 g/mol. The van der Waals surface area contributed by atoms with Crippen LogP contribution in [0.3, 0.4) is 0 Å². The predicted octanol–water partition coefficient (Wildman–Crippen LogP) is 2.86. The van der Waals surface area contributed by atoms with Crippen LogP contribution in [0.2, 0.25) is 0 Å². The van der Waals surface area contributed by atoms with Gasteiger partial charge in [0.25, 0.3) is 0 Å². The lowest BCUT2D eigenvalue weighted by molar-refractivity contribution is 0.0677. The van der Waals surface area contributed by atoms with Gasteiger partial charge in [0, 0.05) is 6.61 Å². The average Bonchev–Trinajstić information content (AvgIpc) is 2.73. The highest BCUT2D eigenvalue weighted by atomic mass is 16.5. The first kappa shape index (κ1) is 10.5. The van der Waals surface area contributed by atoms with E-state index in [1.807, 2.05) is 12.1 Å². The van der Waals surface area contributed by atoms with Crippen molar-refractivity contribution in [1.82, 2.24) is 0 Å². The Labute approximate surface area is 91.2 Å². The summed E-state index contributed by atoms with van der Waals surface area (Å²) in [5.74, 6) is 0.991. The van der Waals surface area contributed by atoms with Crippen LogP contribution in [0, 0.1) is 13.8 Å². The zero-order valence-electron chi connectivity index (χ0n) is 9.45. The van der Waals surface area contributed by atoms with Crippen molar-refractivity contribution in [2.45, 2.75) is 32.8 Å². The van der Waals surface area contributed by atoms with Crippen LogP contribution in [0.4, 0.5) is 0 Å². The summed E-state index contributed by atoms with van der Waals surface area (Å²) < 4.78 is 11.3. The molecule has 1 aliphatic heterocycles. The zero-order valence-corrected chi connectivity index (χ0v) is 9.45. The first-order valence-electron chi connectivity index (χ1n) is 5.58. The van der Waals surface area contributed by atoms with Crippen molar-refractivity contribution in [2.24, 2.45) is 0 Å². The number of rotatable bonds is 3. The molecule has 1 unspecified atom stereocenters. The first-order valence-corrected chi connectivity index (χ1v) is 5.58. The molecule has 15 heavy (non-hydrogen) atoms. The summed E-state index contributed by atoms with van der Waals surface area (Å²) in [7, 11) is 0. The van der Waals surface area contributed by atoms with Crippen LogP contribution in [0.5, 0.6) is 5.75 Å². The van der Waals surface area contributed by atoms with E-state index in [1.54, 1.807) is 0 Å². The predicted molar refractivity (Wildman–Crippen MR) is 60.4 cm³/mol. The second-order valence-corrected chi connectivity index (χ2v) is 4.14. The molecule has 0 saturated carbocycles. The van der Waals surface area contributed by atoms with Gasteiger partial charge < -0.3 is 9.47 Å². The smallest absolute Gasteiger partial charge is 0.122 e. The molecule has 1 fully saturated rings. The van der Waals surface area contributed by atoms with E-state index in [4.69, 9.17) is 9.47 Å². The summed E-state index contributed by atoms with van der Waals surface area (Å²) in [5.41, 5.74) is 2.51. The fourth-order valence-corrected chi connectivity index (χ4v) is 1.84. The molecular formula is C13H18O2. The fraction of sp³-hybridized carbons (Fsp3) is 0.538. The zero-order chi connectivity index (χ0) is 10.7. The van der Waals surface area contributed by atoms with Crippen molar-refractivity contribution in [2.75, 3.05) is 13.2 Å². The molecule has 0 bridgehead atoms. The highest BCUT2D eigenvalue weighted by Gasteiger charge is 2.16. The molecule has 2 rings (SSSR count). The largest absolute Gasteiger partial charge is 0.491 e. The van der Waals surface area contributed by atoms with E-state index < -0.39 is 0 Å². The molecule has 1 aromatic rings. The van der Waals surface area contributed by atoms with Gasteiger partial charge in [-0.05, 0) is 43.9 Å². The van der Waals surface area contributed by atoms with Gasteiger partial charge in [0.2, 0.25) is 0 Å². The van der Waals surface area contributed by atoms with Crippen LogP contribution >= 0.6 is 0 Å². The third-order valence-electron chi connectivity index (χ3n) is 3.00. The van der Waals surface area contributed by atoms with Gasteiger partial charge >= 0.3 is 0 Å². The third kappa shape index (κ3) is 2.51. The second kappa shape index (κ2) is 4.67. The lowest BCUT2D eigenvalue weighted by Gasteiger charge is -2.14. The Kier molecular flexibility index (Phi) is 3.27. The minimum atomic E-state index is 0.296. The minimum absolute atomic E-state index is 0.296. The molecule has 1 atom stereocenters. The Bertz CT molecular complexity index is 327. The summed E-state index contributed by atoms with van der Waals surface area (Å²) in [6, 6.07) is 6.17. The number of benzene rings is 1. The molecule has 1 aliphatic rings. The molecule has 0 aliphatic carbocycles. The standard InChI is InChI=1S/C13H18O2/c1-10-5-3-7-13(11(10)2)15-9-12-6-4-8-14-12/h3,5,7,12H,4,6,8-9H2,1-2H3. The molecule has 2 nitrogen and oxygen atoms in total. The van der Waals surface area contributed by atoms with Gasteiger partial charge in [-0.1, -0.05) is 12.1 Å². The van der Waals surface area contributed by atoms with Gasteiger partial charge in [-0.25, -0.2) is 0 Å². The van der Waals surface area contributed by atoms with E-state index >= 15 is 0 Å². The number of ether oxygens (including phenoxy) is 2. The molecule has 0 aromatic heterocycles. The monoisotopic (exact) mass is 206 g/mol. The molecule has 1 saturated heterocycles. The molecule has 1 aromatic carbocycles. The van der Waals surface area contributed by atoms with Gasteiger partial charge in [0.15, 0.2) is 0 Å². The van der Waals surface area contributed by atoms with Crippen LogP contribution in [0.15, 0.2) is 18.2 Å². The SMILES string of the molecule is Cc1cccc(OCC2CCCO2)c1C. The van der Waals surface area contributed by atoms with Gasteiger partial charge in [-0.2, -0.15) is 0 Å². The summed E-state index contributed by atoms with van der Waals surface area (Å²) >= 11 is 0. The molecular weight excluding hydrogens is 188 g/mol. The quantitative estimate of drug-likeness (QED) is 0.757. The Morgan fingerprint density at radius 2 is 2.27 bits per heavy atom. The normalized spacial score (nSPS) is 20.5. The number of hydrogen-bond donors (Lipinski definition) is 0. The van der Waals surface area contributed by atoms with Gasteiger partial charge in [0.05, 0.1) is 6.10 Å². The van der Waals surface area contributed by atoms with Crippen molar-refractivity contribution in [3.63, 3.8) is 0 Å². The van der Waals surface area contributed by atoms with Crippen LogP contribution in [0.25, 0.3) is 0 Å². The van der Waals surface area contributed by atoms with E-state index in [-0.39, 0.29) is 0 Å². The van der Waals surface area contributed by atoms with Crippen LogP contribution in [0.1, 0.15) is 24.0 Å². The van der Waals surface area contributed by atoms with Crippen molar-refractivity contribution in [3.8, 4) is 5.75 Å². The summed E-state index contributed by atoms with van der Waals surface area (Å²) in [5, 5.41) is 0. The molecule has 0 radical (unpaired) electrons. The van der Waals surface area contributed by atoms with E-state index in [9.17, 15) is 0 Å². The van der Waals surface area contributed by atoms with Crippen molar-refractivity contribution < 1.29 is 9.47 Å². The Hall–Kier alpha value is -1.02. The van der Waals surface area contributed by atoms with Gasteiger partial charge in [0.1, 0.15) is 12.4 Å². The van der Waals surface area contributed by atoms with E-state index in [1.165, 1.54) is 17.5 Å². The van der Waals surface area contributed by atoms with Crippen LogP contribution in [-0.2, 0) is 4.74 Å². The maximum Gasteiger partial charge on any atom is 0.122 e. The molecule has 0 spiro atoms. The fourth-order valence-electron chi connectivity index (χ4n) is 1.84. The Balaban J connectivity index is 1.95. The van der Waals surface area contributed by atoms with Crippen LogP contribution < -0.4 is 4.74 Å². The maximum absolute atomic E-state index is 5.78. The van der Waals surface area contributed by atoms with Gasteiger partial charge in [-0.3, -0.25) is 0 Å². The lowest BCUT2D eigenvalue weighted by atomic mass is 10.1. The molecule has 0 N–H and O–H groups in total. The lowest BCUT2D eigenvalue weighted by Crippen LogP contribution is -2.16. The summed E-state index contributed by atoms with van der Waals surface area (Å²) in [6.07, 6.45) is 2.59. The number of aryl methyl sites for hydroxylation is 1. The summed E-state index contributed by atoms with van der Waals surface area (Å²) in [4.78, 5) is 0. The minimum Gasteiger partial charge on any atom is -0.491 e. The first-order chi connectivity index (χ1) is 7.27. The highest BCUT2D eigenvalue weighted by molar-refractivity contribution is 5.38. The molecule has 1 heterocycles. The molecule has 0 amide bonds. The van der Waals surface area contributed by atoms with Crippen molar-refractivity contribution in [1.29, 1.82) is 0 Å². The number of hydrogen-bond acceptors (Lipinski definition) is 2. The third-order valence-corrected chi connectivity index (χ3v) is 3.00. The highest BCUT2D eigenvalue weighted by Crippen LogP contribution is 2.22. The topological polar surface area (TPSA) is 18.5 Å². The Morgan fingerprint density at radius 1 is 1.40 bits per heavy atom. The Morgan fingerprint density at radius 3 is 3.00 bits per heavy atom. The van der Waals surface area contributed by atoms with E-state index in [0.717, 1.165) is 18.8 Å².